The summed E-state index contributed by atoms with van der Waals surface area (Å²) in [7, 11) is 0. The smallest absolute Gasteiger partial charge is 0.289 e. The highest BCUT2D eigenvalue weighted by Gasteiger charge is 2.54. The van der Waals surface area contributed by atoms with Crippen LogP contribution in [0.5, 0.6) is 0 Å². The van der Waals surface area contributed by atoms with Crippen molar-refractivity contribution in [1.82, 2.24) is 26.3 Å². The van der Waals surface area contributed by atoms with Crippen LogP contribution in [0.25, 0.3) is 5.70 Å². The Morgan fingerprint density at radius 3 is 2.40 bits per heavy atom. The predicted octanol–water partition coefficient (Wildman–Crippen LogP) is 5.23. The molecule has 3 aliphatic rings. The van der Waals surface area contributed by atoms with Crippen LogP contribution in [0.1, 0.15) is 96.6 Å². The molecule has 2 aromatic rings. The van der Waals surface area contributed by atoms with E-state index in [-0.39, 0.29) is 37.8 Å². The van der Waals surface area contributed by atoms with E-state index in [1.165, 1.54) is 11.3 Å². The van der Waals surface area contributed by atoms with E-state index in [1.807, 2.05) is 76.2 Å². The molecule has 0 unspecified atom stereocenters. The van der Waals surface area contributed by atoms with Crippen LogP contribution < -0.4 is 21.4 Å². The van der Waals surface area contributed by atoms with Gasteiger partial charge in [-0.3, -0.25) is 34.3 Å². The maximum absolute atomic E-state index is 14.6. The number of Topliss-reactive ketones (excluding diaryl/α,β-unsaturated/α-hetero) is 1. The number of ketones is 1. The summed E-state index contributed by atoms with van der Waals surface area (Å²) in [4.78, 5) is 76.3. The number of amides is 4. The lowest BCUT2D eigenvalue weighted by molar-refractivity contribution is -0.145. The van der Waals surface area contributed by atoms with Gasteiger partial charge in [-0.2, -0.15) is 0 Å². The van der Waals surface area contributed by atoms with Crippen LogP contribution in [0.4, 0.5) is 0 Å². The molecular formula is C40H52ClN5O6. The van der Waals surface area contributed by atoms with Gasteiger partial charge in [0.05, 0.1) is 18.3 Å². The fraction of sp³-hybridized carbons (Fsp3) is 0.525. The molecule has 2 aromatic carbocycles. The number of carbonyl (C=O) groups excluding carboxylic acids is 5. The van der Waals surface area contributed by atoms with E-state index in [2.05, 4.69) is 21.4 Å². The zero-order valence-corrected chi connectivity index (χ0v) is 31.4. The van der Waals surface area contributed by atoms with Gasteiger partial charge in [-0.25, -0.2) is 0 Å². The van der Waals surface area contributed by atoms with E-state index in [9.17, 15) is 24.0 Å². The van der Waals surface area contributed by atoms with Crippen molar-refractivity contribution in [2.45, 2.75) is 116 Å². The summed E-state index contributed by atoms with van der Waals surface area (Å²) in [5.74, 6) is -2.47. The third kappa shape index (κ3) is 9.80. The number of rotatable bonds is 13. The Morgan fingerprint density at radius 1 is 1.00 bits per heavy atom. The molecule has 1 saturated carbocycles. The number of hydrogen-bond acceptors (Lipinski definition) is 7. The van der Waals surface area contributed by atoms with Crippen LogP contribution in [-0.2, 0) is 35.4 Å². The molecule has 1 aliphatic carbocycles. The fourth-order valence-corrected chi connectivity index (χ4v) is 7.55. The highest BCUT2D eigenvalue weighted by Crippen LogP contribution is 2.39. The summed E-state index contributed by atoms with van der Waals surface area (Å²) in [6, 6.07) is 13.4. The Hall–Kier alpha value is -4.22. The number of likely N-dealkylation sites (tertiary alicyclic amines) is 1. The number of halogens is 1. The maximum atomic E-state index is 14.6. The second kappa shape index (κ2) is 17.1. The van der Waals surface area contributed by atoms with E-state index in [1.54, 1.807) is 12.1 Å². The number of benzene rings is 2. The van der Waals surface area contributed by atoms with Gasteiger partial charge in [-0.1, -0.05) is 107 Å². The van der Waals surface area contributed by atoms with Gasteiger partial charge in [0.25, 0.3) is 5.91 Å². The van der Waals surface area contributed by atoms with Crippen LogP contribution >= 0.6 is 11.6 Å². The van der Waals surface area contributed by atoms with Gasteiger partial charge in [0.1, 0.15) is 17.7 Å². The minimum absolute atomic E-state index is 0.00993. The van der Waals surface area contributed by atoms with Crippen molar-refractivity contribution in [2.24, 2.45) is 11.3 Å². The first kappa shape index (κ1) is 39.0. The van der Waals surface area contributed by atoms with Gasteiger partial charge in [0, 0.05) is 30.0 Å². The Balaban J connectivity index is 1.39. The van der Waals surface area contributed by atoms with Crippen molar-refractivity contribution >= 4 is 46.7 Å². The van der Waals surface area contributed by atoms with Crippen molar-refractivity contribution in [2.75, 3.05) is 6.54 Å². The summed E-state index contributed by atoms with van der Waals surface area (Å²) < 4.78 is 0. The third-order valence-corrected chi connectivity index (χ3v) is 10.4. The molecule has 0 bridgehead atoms. The molecule has 1 saturated heterocycles. The van der Waals surface area contributed by atoms with Crippen LogP contribution in [0.2, 0.25) is 5.02 Å². The van der Waals surface area contributed by atoms with Crippen molar-refractivity contribution in [3.63, 3.8) is 0 Å². The zero-order chi connectivity index (χ0) is 37.5. The van der Waals surface area contributed by atoms with Crippen molar-refractivity contribution < 1.29 is 28.8 Å². The number of hydrogen-bond donors (Lipinski definition) is 4. The lowest BCUT2D eigenvalue weighted by Crippen LogP contribution is -2.59. The molecule has 12 heteroatoms. The second-order valence-electron chi connectivity index (χ2n) is 15.5. The minimum Gasteiger partial charge on any atom is -0.345 e. The molecule has 2 heterocycles. The van der Waals surface area contributed by atoms with E-state index >= 15 is 0 Å². The van der Waals surface area contributed by atoms with Crippen LogP contribution in [0.15, 0.2) is 60.7 Å². The second-order valence-corrected chi connectivity index (χ2v) is 15.9. The van der Waals surface area contributed by atoms with Crippen LogP contribution in [-0.4, -0.2) is 64.6 Å². The van der Waals surface area contributed by atoms with Crippen molar-refractivity contribution in [3.05, 3.63) is 76.8 Å². The van der Waals surface area contributed by atoms with E-state index in [4.69, 9.17) is 16.4 Å². The van der Waals surface area contributed by atoms with Gasteiger partial charge in [0.2, 0.25) is 23.5 Å². The lowest BCUT2D eigenvalue weighted by atomic mass is 9.84. The first-order valence-corrected chi connectivity index (χ1v) is 18.9. The fourth-order valence-electron chi connectivity index (χ4n) is 7.36. The normalized spacial score (nSPS) is 21.5. The van der Waals surface area contributed by atoms with Gasteiger partial charge in [-0.15, -0.1) is 0 Å². The molecule has 2 fully saturated rings. The molecule has 280 valence electrons. The molecule has 1 spiro atoms. The maximum Gasteiger partial charge on any atom is 0.289 e. The van der Waals surface area contributed by atoms with Gasteiger partial charge in [-0.05, 0) is 54.4 Å². The molecule has 0 aromatic heterocycles. The zero-order valence-electron chi connectivity index (χ0n) is 30.6. The minimum atomic E-state index is -1.10. The molecule has 4 amide bonds. The van der Waals surface area contributed by atoms with Crippen LogP contribution in [0.3, 0.4) is 0 Å². The number of hydroxylamine groups is 1. The first-order valence-electron chi connectivity index (χ1n) is 18.5. The summed E-state index contributed by atoms with van der Waals surface area (Å²) in [6.07, 6.45) is 8.38. The summed E-state index contributed by atoms with van der Waals surface area (Å²) in [5.41, 5.74) is 3.42. The van der Waals surface area contributed by atoms with Gasteiger partial charge in [0.15, 0.2) is 0 Å². The topological polar surface area (TPSA) is 146 Å². The molecule has 2 aliphatic heterocycles. The number of nitrogens with zero attached hydrogens (tertiary/aromatic N) is 1. The highest BCUT2D eigenvalue weighted by molar-refractivity contribution is 6.38. The molecule has 0 radical (unpaired) electrons. The molecule has 52 heavy (non-hydrogen) atoms. The monoisotopic (exact) mass is 733 g/mol. The predicted molar refractivity (Wildman–Crippen MR) is 199 cm³/mol. The Bertz CT molecular complexity index is 1650. The average Bonchev–Trinajstić information content (AvgIpc) is 3.72. The standard InChI is InChI=1S/C40H52ClN5O6/c1-5-13-30(34(48)37(50)42-24-27-16-10-7-11-17-27)43-36(49)32-23-40(22-31(45-52-40)28-18-12-19-29(41)21-28)25-46(32)38(51)35(39(2,3)4)44-33(47)20-26-14-8-6-9-15-26/h7,10-12,16-19,21-22,26,30,32,35,45H,5-6,8-9,13-15,20,23-25H2,1-4H3,(H,42,50)(H,43,49)(H,44,47)/t30-,32-,35+,40+/m0/s1. The van der Waals surface area contributed by atoms with E-state index in [0.29, 0.717) is 23.6 Å². The summed E-state index contributed by atoms with van der Waals surface area (Å²) >= 11 is 6.27. The van der Waals surface area contributed by atoms with Gasteiger partial charge >= 0.3 is 0 Å². The number of carbonyl (C=O) groups is 5. The summed E-state index contributed by atoms with van der Waals surface area (Å²) in [5, 5.41) is 9.04. The SMILES string of the molecule is CCC[C@H](NC(=O)[C@@H]1C[C@]2(C=C(c3cccc(Cl)c3)NO2)CN1C(=O)[C@@H](NC(=O)CC1CCCCC1)C(C)(C)C)C(=O)C(=O)NCc1ccccc1. The Morgan fingerprint density at radius 2 is 1.73 bits per heavy atom. The Labute approximate surface area is 311 Å². The third-order valence-electron chi connectivity index (χ3n) is 10.2. The average molecular weight is 734 g/mol. The van der Waals surface area contributed by atoms with E-state index in [0.717, 1.165) is 36.8 Å². The molecule has 4 N–H and O–H groups in total. The molecule has 5 rings (SSSR count). The van der Waals surface area contributed by atoms with Crippen LogP contribution in [0, 0.1) is 11.3 Å². The Kier molecular flexibility index (Phi) is 12.8. The first-order chi connectivity index (χ1) is 24.8. The summed E-state index contributed by atoms with van der Waals surface area (Å²) in [6.45, 7) is 7.68. The quantitative estimate of drug-likeness (QED) is 0.207. The lowest BCUT2D eigenvalue weighted by Gasteiger charge is -2.36. The van der Waals surface area contributed by atoms with Crippen molar-refractivity contribution in [3.8, 4) is 0 Å². The molecule has 4 atom stereocenters. The molecule has 11 nitrogen and oxygen atoms in total. The van der Waals surface area contributed by atoms with E-state index < -0.39 is 52.6 Å². The highest BCUT2D eigenvalue weighted by atomic mass is 35.5. The van der Waals surface area contributed by atoms with Crippen molar-refractivity contribution in [1.29, 1.82) is 0 Å². The largest absolute Gasteiger partial charge is 0.345 e. The van der Waals surface area contributed by atoms with Gasteiger partial charge < -0.3 is 20.9 Å². The number of nitrogens with one attached hydrogen (secondary N) is 4. The molecular weight excluding hydrogens is 682 g/mol.